The lowest BCUT2D eigenvalue weighted by molar-refractivity contribution is -0.0459. The highest BCUT2D eigenvalue weighted by Crippen LogP contribution is 2.35. The molecule has 1 saturated heterocycles. The molecule has 1 aliphatic heterocycles. The number of aromatic amines is 1. The first-order valence-electron chi connectivity index (χ1n) is 13.5. The topological polar surface area (TPSA) is 114 Å². The van der Waals surface area contributed by atoms with E-state index in [0.717, 1.165) is 18.4 Å². The van der Waals surface area contributed by atoms with E-state index in [0.29, 0.717) is 19.6 Å². The molecule has 0 bridgehead atoms. The van der Waals surface area contributed by atoms with Crippen molar-refractivity contribution in [2.24, 2.45) is 0 Å². The van der Waals surface area contributed by atoms with E-state index in [1.165, 1.54) is 43.1 Å². The first-order chi connectivity index (χ1) is 19.5. The fourth-order valence-corrected chi connectivity index (χ4v) is 5.51. The zero-order chi connectivity index (χ0) is 27.6. The van der Waals surface area contributed by atoms with Crippen molar-refractivity contribution in [1.82, 2.24) is 9.55 Å². The van der Waals surface area contributed by atoms with Crippen molar-refractivity contribution in [1.29, 1.82) is 0 Å². The van der Waals surface area contributed by atoms with Gasteiger partial charge in [0.05, 0.1) is 19.3 Å². The zero-order valence-electron chi connectivity index (χ0n) is 21.9. The molecule has 0 saturated carbocycles. The fourth-order valence-electron chi connectivity index (χ4n) is 5.51. The van der Waals surface area contributed by atoms with Crippen LogP contribution < -0.4 is 11.2 Å². The maximum atomic E-state index is 12.2. The number of rotatable bonds is 8. The van der Waals surface area contributed by atoms with Crippen LogP contribution in [-0.2, 0) is 16.1 Å². The molecule has 4 aromatic carbocycles. The van der Waals surface area contributed by atoms with Gasteiger partial charge in [0.25, 0.3) is 5.56 Å². The summed E-state index contributed by atoms with van der Waals surface area (Å²) in [5.74, 6) is 5.83. The number of benzene rings is 4. The van der Waals surface area contributed by atoms with Crippen molar-refractivity contribution < 1.29 is 19.7 Å². The molecule has 0 unspecified atom stereocenters. The first-order valence-corrected chi connectivity index (χ1v) is 13.5. The van der Waals surface area contributed by atoms with E-state index in [2.05, 4.69) is 71.4 Å². The number of unbranched alkanes of at least 4 members (excludes halogenated alkanes) is 2. The molecule has 0 spiro atoms. The molecule has 5 aromatic rings. The van der Waals surface area contributed by atoms with Gasteiger partial charge in [0.15, 0.2) is 0 Å². The van der Waals surface area contributed by atoms with Crippen molar-refractivity contribution in [3.63, 3.8) is 0 Å². The number of aromatic nitrogens is 2. The number of nitrogens with zero attached hydrogens (tertiary/aromatic N) is 1. The molecule has 8 nitrogen and oxygen atoms in total. The van der Waals surface area contributed by atoms with Gasteiger partial charge in [0.1, 0.15) is 17.9 Å². The predicted octanol–water partition coefficient (Wildman–Crippen LogP) is 3.81. The molecule has 3 N–H and O–H groups in total. The monoisotopic (exact) mass is 538 g/mol. The van der Waals surface area contributed by atoms with Gasteiger partial charge >= 0.3 is 5.69 Å². The van der Waals surface area contributed by atoms with Crippen molar-refractivity contribution in [3.8, 4) is 11.8 Å². The van der Waals surface area contributed by atoms with Crippen molar-refractivity contribution in [2.45, 2.75) is 50.7 Å². The molecule has 1 aliphatic rings. The van der Waals surface area contributed by atoms with Crippen molar-refractivity contribution in [3.05, 3.63) is 92.8 Å². The third-order valence-corrected chi connectivity index (χ3v) is 7.52. The largest absolute Gasteiger partial charge is 0.394 e. The van der Waals surface area contributed by atoms with Crippen LogP contribution in [0.15, 0.2) is 70.4 Å². The molecule has 6 rings (SSSR count). The second kappa shape index (κ2) is 11.2. The number of H-pyrrole nitrogens is 1. The molecular formula is C32H30N2O6. The molecule has 3 atom stereocenters. The van der Waals surface area contributed by atoms with Crippen LogP contribution in [0.1, 0.15) is 43.0 Å². The van der Waals surface area contributed by atoms with Gasteiger partial charge in [-0.2, -0.15) is 0 Å². The van der Waals surface area contributed by atoms with E-state index < -0.39 is 29.7 Å². The van der Waals surface area contributed by atoms with Crippen LogP contribution in [0.3, 0.4) is 0 Å². The summed E-state index contributed by atoms with van der Waals surface area (Å²) in [6.45, 7) is 0.782. The second-order valence-corrected chi connectivity index (χ2v) is 10.3. The highest BCUT2D eigenvalue weighted by Gasteiger charge is 2.35. The summed E-state index contributed by atoms with van der Waals surface area (Å²) in [6.07, 6.45) is 1.27. The van der Waals surface area contributed by atoms with Crippen LogP contribution in [0.25, 0.3) is 32.3 Å². The lowest BCUT2D eigenvalue weighted by Gasteiger charge is -2.14. The van der Waals surface area contributed by atoms with Gasteiger partial charge in [-0.15, -0.1) is 0 Å². The number of hydrogen-bond donors (Lipinski definition) is 3. The van der Waals surface area contributed by atoms with Crippen LogP contribution in [0.4, 0.5) is 0 Å². The Bertz CT molecular complexity index is 1780. The van der Waals surface area contributed by atoms with E-state index in [1.807, 2.05) is 0 Å². The fraction of sp³-hybridized carbons (Fsp3) is 0.312. The predicted molar refractivity (Wildman–Crippen MR) is 153 cm³/mol. The third-order valence-electron chi connectivity index (χ3n) is 7.52. The summed E-state index contributed by atoms with van der Waals surface area (Å²) in [5.41, 5.74) is 0.0795. The van der Waals surface area contributed by atoms with Gasteiger partial charge in [-0.3, -0.25) is 14.3 Å². The molecule has 204 valence electrons. The number of nitrogens with one attached hydrogen (secondary N) is 1. The Labute approximate surface area is 230 Å². The Kier molecular flexibility index (Phi) is 7.37. The average molecular weight is 539 g/mol. The summed E-state index contributed by atoms with van der Waals surface area (Å²) in [6, 6.07) is 19.5. The third kappa shape index (κ3) is 5.12. The van der Waals surface area contributed by atoms with Gasteiger partial charge in [-0.05, 0) is 62.9 Å². The van der Waals surface area contributed by atoms with Gasteiger partial charge < -0.3 is 19.7 Å². The Balaban J connectivity index is 1.02. The minimum absolute atomic E-state index is 0.138. The highest BCUT2D eigenvalue weighted by atomic mass is 16.5. The van der Waals surface area contributed by atoms with E-state index in [9.17, 15) is 19.8 Å². The van der Waals surface area contributed by atoms with Crippen LogP contribution in [0.5, 0.6) is 0 Å². The van der Waals surface area contributed by atoms with E-state index in [4.69, 9.17) is 9.47 Å². The molecule has 1 fully saturated rings. The van der Waals surface area contributed by atoms with Gasteiger partial charge in [-0.25, -0.2) is 4.79 Å². The summed E-state index contributed by atoms with van der Waals surface area (Å²) in [4.78, 5) is 26.7. The minimum Gasteiger partial charge on any atom is -0.394 e. The van der Waals surface area contributed by atoms with E-state index >= 15 is 0 Å². The number of aliphatic hydroxyl groups is 2. The Hall–Kier alpha value is -4.00. The zero-order valence-corrected chi connectivity index (χ0v) is 21.9. The van der Waals surface area contributed by atoms with E-state index in [1.54, 1.807) is 0 Å². The standard InChI is InChI=1S/C32H30N2O6/c35-18-27-26(36)16-28(40-27)34-17-25(31(37)33-32(34)38)6-3-1-2-4-13-39-19-20-14-23-11-9-21-7-5-8-22-10-12-24(15-20)30(23)29(21)22/h5,7-12,14-15,17,26-28,35-36H,1-2,4,13,16,18-19H2,(H,33,37,38)/t26-,27+,28+/m0/s1. The molecule has 0 aliphatic carbocycles. The van der Waals surface area contributed by atoms with Crippen LogP contribution in [0, 0.1) is 11.8 Å². The van der Waals surface area contributed by atoms with Crippen molar-refractivity contribution >= 4 is 32.3 Å². The van der Waals surface area contributed by atoms with Gasteiger partial charge in [0.2, 0.25) is 0 Å². The number of ether oxygens (including phenoxy) is 2. The summed E-state index contributed by atoms with van der Waals surface area (Å²) in [7, 11) is 0. The van der Waals surface area contributed by atoms with Crippen LogP contribution in [-0.4, -0.2) is 45.2 Å². The molecule has 8 heteroatoms. The van der Waals surface area contributed by atoms with E-state index in [-0.39, 0.29) is 18.6 Å². The molecule has 2 heterocycles. The lowest BCUT2D eigenvalue weighted by atomic mass is 9.93. The minimum atomic E-state index is -0.889. The molecule has 40 heavy (non-hydrogen) atoms. The highest BCUT2D eigenvalue weighted by molar-refractivity contribution is 6.23. The lowest BCUT2D eigenvalue weighted by Crippen LogP contribution is -2.33. The summed E-state index contributed by atoms with van der Waals surface area (Å²) >= 11 is 0. The smallest absolute Gasteiger partial charge is 0.330 e. The summed E-state index contributed by atoms with van der Waals surface area (Å²) < 4.78 is 12.7. The van der Waals surface area contributed by atoms with Gasteiger partial charge in [-0.1, -0.05) is 54.3 Å². The quantitative estimate of drug-likeness (QED) is 0.157. The summed E-state index contributed by atoms with van der Waals surface area (Å²) in [5, 5.41) is 26.8. The second-order valence-electron chi connectivity index (χ2n) is 10.3. The Morgan fingerprint density at radius 3 is 2.40 bits per heavy atom. The molecule has 1 aromatic heterocycles. The first kappa shape index (κ1) is 26.2. The molecule has 0 radical (unpaired) electrons. The van der Waals surface area contributed by atoms with Crippen LogP contribution >= 0.6 is 0 Å². The number of aliphatic hydroxyl groups excluding tert-OH is 2. The van der Waals surface area contributed by atoms with Gasteiger partial charge in [0, 0.05) is 25.6 Å². The number of hydrogen-bond acceptors (Lipinski definition) is 6. The maximum absolute atomic E-state index is 12.2. The SMILES string of the molecule is O=c1[nH]c(=O)n([C@H]2C[C@H](O)[C@@H](CO)O2)cc1C#CCCCCOCc1cc2ccc3cccc4ccc(c1)c2c34. The van der Waals surface area contributed by atoms with Crippen LogP contribution in [0.2, 0.25) is 0 Å². The normalized spacial score (nSPS) is 19.0. The average Bonchev–Trinajstić information content (AvgIpc) is 3.34. The maximum Gasteiger partial charge on any atom is 0.330 e. The Morgan fingerprint density at radius 1 is 1.00 bits per heavy atom. The molecule has 0 amide bonds. The Morgan fingerprint density at radius 2 is 1.70 bits per heavy atom. The van der Waals surface area contributed by atoms with Crippen molar-refractivity contribution in [2.75, 3.05) is 13.2 Å². The molecular weight excluding hydrogens is 508 g/mol.